The van der Waals surface area contributed by atoms with Gasteiger partial charge in [0.25, 0.3) is 5.91 Å². The van der Waals surface area contributed by atoms with Crippen molar-refractivity contribution in [3.05, 3.63) is 56.6 Å². The zero-order valence-corrected chi connectivity index (χ0v) is 12.1. The maximum absolute atomic E-state index is 12.0. The minimum absolute atomic E-state index is 0.331. The average molecular weight is 346 g/mol. The number of aromatic nitrogens is 1. The Morgan fingerprint density at radius 1 is 1.22 bits per heavy atom. The molecule has 0 aliphatic heterocycles. The number of carbonyl (C=O) groups is 1. The number of anilines is 1. The second kappa shape index (κ2) is 5.69. The van der Waals surface area contributed by atoms with Crippen LogP contribution < -0.4 is 5.32 Å². The van der Waals surface area contributed by atoms with Gasteiger partial charge < -0.3 is 5.32 Å². The lowest BCUT2D eigenvalue weighted by Gasteiger charge is -2.06. The van der Waals surface area contributed by atoms with E-state index in [0.29, 0.717) is 21.4 Å². The van der Waals surface area contributed by atoms with E-state index < -0.39 is 0 Å². The van der Waals surface area contributed by atoms with E-state index in [1.54, 1.807) is 30.3 Å². The molecule has 0 aliphatic carbocycles. The Labute approximate surface area is 122 Å². The second-order valence-electron chi connectivity index (χ2n) is 3.44. The van der Waals surface area contributed by atoms with Gasteiger partial charge in [-0.05, 0) is 30.3 Å². The van der Waals surface area contributed by atoms with Gasteiger partial charge in [-0.1, -0.05) is 39.1 Å². The molecule has 0 atom stereocenters. The van der Waals surface area contributed by atoms with E-state index in [9.17, 15) is 4.79 Å². The second-order valence-corrected chi connectivity index (χ2v) is 5.20. The first kappa shape index (κ1) is 13.3. The van der Waals surface area contributed by atoms with Crippen LogP contribution in [0.4, 0.5) is 5.82 Å². The van der Waals surface area contributed by atoms with Gasteiger partial charge in [0.1, 0.15) is 5.82 Å². The predicted octanol–water partition coefficient (Wildman–Crippen LogP) is 4.40. The van der Waals surface area contributed by atoms with Crippen molar-refractivity contribution >= 4 is 50.9 Å². The van der Waals surface area contributed by atoms with Crippen LogP contribution in [0.5, 0.6) is 0 Å². The van der Waals surface area contributed by atoms with Crippen LogP contribution in [-0.4, -0.2) is 10.9 Å². The van der Waals surface area contributed by atoms with E-state index in [1.807, 2.05) is 0 Å². The molecule has 92 valence electrons. The molecule has 1 amide bonds. The molecule has 1 N–H and O–H groups in total. The first-order chi connectivity index (χ1) is 8.56. The summed E-state index contributed by atoms with van der Waals surface area (Å²) in [7, 11) is 0. The zero-order valence-electron chi connectivity index (χ0n) is 8.95. The number of hydrogen-bond acceptors (Lipinski definition) is 2. The van der Waals surface area contributed by atoms with Crippen molar-refractivity contribution in [2.75, 3.05) is 5.32 Å². The van der Waals surface area contributed by atoms with E-state index in [0.717, 1.165) is 4.47 Å². The molecule has 3 nitrogen and oxygen atoms in total. The van der Waals surface area contributed by atoms with Crippen LogP contribution in [-0.2, 0) is 0 Å². The average Bonchev–Trinajstić information content (AvgIpc) is 2.28. The van der Waals surface area contributed by atoms with Crippen molar-refractivity contribution in [2.45, 2.75) is 0 Å². The van der Waals surface area contributed by atoms with Crippen LogP contribution in [0.3, 0.4) is 0 Å². The van der Waals surface area contributed by atoms with Gasteiger partial charge in [-0.15, -0.1) is 0 Å². The molecule has 0 saturated heterocycles. The third-order valence-corrected chi connectivity index (χ3v) is 3.18. The molecule has 1 aromatic carbocycles. The number of hydrogen-bond donors (Lipinski definition) is 1. The van der Waals surface area contributed by atoms with E-state index >= 15 is 0 Å². The fourth-order valence-electron chi connectivity index (χ4n) is 1.33. The largest absolute Gasteiger partial charge is 0.306 e. The Morgan fingerprint density at radius 3 is 2.67 bits per heavy atom. The summed E-state index contributed by atoms with van der Waals surface area (Å²) in [4.78, 5) is 15.9. The maximum atomic E-state index is 12.0. The van der Waals surface area contributed by atoms with Crippen LogP contribution in [0.1, 0.15) is 10.4 Å². The highest BCUT2D eigenvalue weighted by Gasteiger charge is 2.11. The Hall–Kier alpha value is -1.10. The van der Waals surface area contributed by atoms with Gasteiger partial charge in [-0.3, -0.25) is 4.79 Å². The minimum atomic E-state index is -0.331. The maximum Gasteiger partial charge on any atom is 0.258 e. The molecule has 0 aliphatic rings. The zero-order chi connectivity index (χ0) is 13.1. The Morgan fingerprint density at radius 2 is 2.00 bits per heavy atom. The predicted molar refractivity (Wildman–Crippen MR) is 76.4 cm³/mol. The summed E-state index contributed by atoms with van der Waals surface area (Å²) in [6.07, 6.45) is 1.52. The fourth-order valence-corrected chi connectivity index (χ4v) is 2.25. The number of nitrogens with one attached hydrogen (secondary N) is 1. The van der Waals surface area contributed by atoms with Crippen molar-refractivity contribution in [3.8, 4) is 0 Å². The van der Waals surface area contributed by atoms with Gasteiger partial charge in [0.15, 0.2) is 0 Å². The summed E-state index contributed by atoms with van der Waals surface area (Å²) in [5.41, 5.74) is 0.377. The normalized spacial score (nSPS) is 10.2. The molecule has 0 unspecified atom stereocenters. The number of halogens is 3. The summed E-state index contributed by atoms with van der Waals surface area (Å²) >= 11 is 15.1. The SMILES string of the molecule is O=C(Nc1cc(Cl)ccn1)c1ccc(Br)cc1Cl. The quantitative estimate of drug-likeness (QED) is 0.876. The van der Waals surface area contributed by atoms with Gasteiger partial charge in [-0.25, -0.2) is 4.98 Å². The van der Waals surface area contributed by atoms with Crippen LogP contribution in [0.2, 0.25) is 10.0 Å². The van der Waals surface area contributed by atoms with Gasteiger partial charge >= 0.3 is 0 Å². The molecule has 0 fully saturated rings. The number of benzene rings is 1. The molecule has 1 heterocycles. The van der Waals surface area contributed by atoms with Crippen LogP contribution in [0.15, 0.2) is 41.0 Å². The Kier molecular flexibility index (Phi) is 4.22. The third kappa shape index (κ3) is 3.22. The lowest BCUT2D eigenvalue weighted by molar-refractivity contribution is 0.102. The monoisotopic (exact) mass is 344 g/mol. The van der Waals surface area contributed by atoms with E-state index in [-0.39, 0.29) is 5.91 Å². The highest BCUT2D eigenvalue weighted by Crippen LogP contribution is 2.22. The van der Waals surface area contributed by atoms with Gasteiger partial charge in [-0.2, -0.15) is 0 Å². The van der Waals surface area contributed by atoms with Crippen molar-refractivity contribution in [3.63, 3.8) is 0 Å². The number of carbonyl (C=O) groups excluding carboxylic acids is 1. The van der Waals surface area contributed by atoms with Crippen molar-refractivity contribution < 1.29 is 4.79 Å². The molecule has 0 spiro atoms. The van der Waals surface area contributed by atoms with Crippen LogP contribution >= 0.6 is 39.1 Å². The highest BCUT2D eigenvalue weighted by atomic mass is 79.9. The fraction of sp³-hybridized carbons (Fsp3) is 0. The molecule has 1 aromatic heterocycles. The summed E-state index contributed by atoms with van der Waals surface area (Å²) in [6, 6.07) is 8.22. The van der Waals surface area contributed by atoms with Crippen molar-refractivity contribution in [2.24, 2.45) is 0 Å². The van der Waals surface area contributed by atoms with Gasteiger partial charge in [0, 0.05) is 15.7 Å². The Balaban J connectivity index is 2.22. The van der Waals surface area contributed by atoms with Crippen LogP contribution in [0.25, 0.3) is 0 Å². The summed E-state index contributed by atoms with van der Waals surface area (Å²) in [5.74, 6) is 0.0498. The number of rotatable bonds is 2. The molecular formula is C12H7BrCl2N2O. The van der Waals surface area contributed by atoms with E-state index in [1.165, 1.54) is 6.20 Å². The molecule has 2 aromatic rings. The standard InChI is InChI=1S/C12H7BrCl2N2O/c13-7-1-2-9(10(15)5-7)12(18)17-11-6-8(14)3-4-16-11/h1-6H,(H,16,17,18). The van der Waals surface area contributed by atoms with Gasteiger partial charge in [0.2, 0.25) is 0 Å². The van der Waals surface area contributed by atoms with Crippen LogP contribution in [0, 0.1) is 0 Å². The number of pyridine rings is 1. The number of nitrogens with zero attached hydrogens (tertiary/aromatic N) is 1. The Bertz CT molecular complexity index is 604. The molecule has 18 heavy (non-hydrogen) atoms. The molecule has 0 radical (unpaired) electrons. The lowest BCUT2D eigenvalue weighted by atomic mass is 10.2. The first-order valence-electron chi connectivity index (χ1n) is 4.94. The highest BCUT2D eigenvalue weighted by molar-refractivity contribution is 9.10. The summed E-state index contributed by atoms with van der Waals surface area (Å²) in [6.45, 7) is 0. The van der Waals surface area contributed by atoms with Gasteiger partial charge in [0.05, 0.1) is 10.6 Å². The molecule has 0 saturated carbocycles. The lowest BCUT2D eigenvalue weighted by Crippen LogP contribution is -2.13. The molecule has 2 rings (SSSR count). The molecule has 0 bridgehead atoms. The smallest absolute Gasteiger partial charge is 0.258 e. The topological polar surface area (TPSA) is 42.0 Å². The number of amides is 1. The molecular weight excluding hydrogens is 339 g/mol. The van der Waals surface area contributed by atoms with Crippen molar-refractivity contribution in [1.82, 2.24) is 4.98 Å². The van der Waals surface area contributed by atoms with E-state index in [4.69, 9.17) is 23.2 Å². The van der Waals surface area contributed by atoms with Crippen molar-refractivity contribution in [1.29, 1.82) is 0 Å². The minimum Gasteiger partial charge on any atom is -0.306 e. The van der Waals surface area contributed by atoms with E-state index in [2.05, 4.69) is 26.2 Å². The third-order valence-electron chi connectivity index (χ3n) is 2.14. The first-order valence-corrected chi connectivity index (χ1v) is 6.49. The summed E-state index contributed by atoms with van der Waals surface area (Å²) in [5, 5.41) is 3.49. The summed E-state index contributed by atoms with van der Waals surface area (Å²) < 4.78 is 0.810. The molecule has 6 heteroatoms.